The number of hydrogen-bond acceptors (Lipinski definition) is 5. The minimum Gasteiger partial charge on any atom is -0.389 e. The molecule has 2 spiro atoms. The van der Waals surface area contributed by atoms with E-state index < -0.39 is 29.2 Å². The molecule has 154 valence electrons. The van der Waals surface area contributed by atoms with Gasteiger partial charge in [0.15, 0.2) is 0 Å². The lowest BCUT2D eigenvalue weighted by atomic mass is 9.81. The summed E-state index contributed by atoms with van der Waals surface area (Å²) in [5, 5.41) is 16.1. The number of amides is 6. The van der Waals surface area contributed by atoms with Crippen LogP contribution in [-0.4, -0.2) is 69.1 Å². The highest BCUT2D eigenvalue weighted by atomic mass is 16.3. The summed E-state index contributed by atoms with van der Waals surface area (Å²) < 4.78 is 0. The molecule has 4 aliphatic rings. The molecule has 0 unspecified atom stereocenters. The second-order valence-electron chi connectivity index (χ2n) is 8.63. The number of aliphatic hydroxyl groups is 1. The molecule has 2 heterocycles. The highest BCUT2D eigenvalue weighted by molar-refractivity contribution is 6.08. The van der Waals surface area contributed by atoms with Crippen LogP contribution < -0.4 is 10.6 Å². The van der Waals surface area contributed by atoms with Gasteiger partial charge in [-0.15, -0.1) is 0 Å². The van der Waals surface area contributed by atoms with Gasteiger partial charge in [-0.3, -0.25) is 19.4 Å². The lowest BCUT2D eigenvalue weighted by molar-refractivity contribution is -0.134. The quantitative estimate of drug-likeness (QED) is 0.613. The Bertz CT molecular complexity index is 638. The van der Waals surface area contributed by atoms with Crippen LogP contribution in [0.25, 0.3) is 0 Å². The third-order valence-electron chi connectivity index (χ3n) is 6.69. The van der Waals surface area contributed by atoms with Gasteiger partial charge in [0.05, 0.1) is 19.2 Å². The predicted octanol–water partition coefficient (Wildman–Crippen LogP) is 0.857. The molecule has 4 fully saturated rings. The molecule has 2 aliphatic carbocycles. The largest absolute Gasteiger partial charge is 0.389 e. The van der Waals surface area contributed by atoms with E-state index in [-0.39, 0.29) is 24.9 Å². The van der Waals surface area contributed by atoms with Crippen LogP contribution in [0.5, 0.6) is 0 Å². The summed E-state index contributed by atoms with van der Waals surface area (Å²) in [6.45, 7) is -0.451. The van der Waals surface area contributed by atoms with Crippen LogP contribution in [-0.2, 0) is 9.59 Å². The van der Waals surface area contributed by atoms with Gasteiger partial charge in [0.2, 0.25) is 0 Å². The van der Waals surface area contributed by atoms with Crippen molar-refractivity contribution in [2.75, 3.05) is 13.1 Å². The second-order valence-corrected chi connectivity index (χ2v) is 8.63. The first-order valence-corrected chi connectivity index (χ1v) is 10.3. The molecule has 0 atom stereocenters. The number of rotatable bonds is 4. The first kappa shape index (κ1) is 19.2. The zero-order valence-electron chi connectivity index (χ0n) is 16.0. The Morgan fingerprint density at radius 2 is 1.07 bits per heavy atom. The first-order valence-electron chi connectivity index (χ1n) is 10.3. The number of imide groups is 2. The summed E-state index contributed by atoms with van der Waals surface area (Å²) in [5.74, 6) is -0.616. The third-order valence-corrected chi connectivity index (χ3v) is 6.69. The normalized spacial score (nSPS) is 26.5. The van der Waals surface area contributed by atoms with Crippen LogP contribution >= 0.6 is 0 Å². The van der Waals surface area contributed by atoms with E-state index in [2.05, 4.69) is 10.6 Å². The van der Waals surface area contributed by atoms with Crippen LogP contribution in [0.1, 0.15) is 64.2 Å². The summed E-state index contributed by atoms with van der Waals surface area (Å²) in [5.41, 5.74) is -1.69. The van der Waals surface area contributed by atoms with E-state index in [1.807, 2.05) is 0 Å². The number of aliphatic hydroxyl groups excluding tert-OH is 1. The zero-order valence-corrected chi connectivity index (χ0v) is 16.0. The van der Waals surface area contributed by atoms with Crippen molar-refractivity contribution >= 4 is 23.9 Å². The standard InChI is InChI=1S/C19H28N4O5/c24-13(11-22-14(25)18(20-16(22)27)7-3-1-4-8-18)12-23-15(26)19(21-17(23)28)9-5-2-6-10-19/h13,24H,1-12H2,(H,20,27)(H,21,28). The highest BCUT2D eigenvalue weighted by Gasteiger charge is 2.53. The molecule has 0 aromatic heterocycles. The van der Waals surface area contributed by atoms with Crippen LogP contribution in [0.2, 0.25) is 0 Å². The Balaban J connectivity index is 1.40. The number of carbonyl (C=O) groups excluding carboxylic acids is 4. The Kier molecular flexibility index (Phi) is 4.81. The fourth-order valence-corrected chi connectivity index (χ4v) is 5.15. The minimum atomic E-state index is -1.18. The average molecular weight is 392 g/mol. The van der Waals surface area contributed by atoms with Gasteiger partial charge >= 0.3 is 12.1 Å². The van der Waals surface area contributed by atoms with Gasteiger partial charge < -0.3 is 15.7 Å². The fraction of sp³-hybridized carbons (Fsp3) is 0.789. The Morgan fingerprint density at radius 1 is 0.714 bits per heavy atom. The number of hydrogen-bond donors (Lipinski definition) is 3. The van der Waals surface area contributed by atoms with Crippen LogP contribution in [0, 0.1) is 0 Å². The monoisotopic (exact) mass is 392 g/mol. The molecule has 9 nitrogen and oxygen atoms in total. The highest BCUT2D eigenvalue weighted by Crippen LogP contribution is 2.35. The maximum absolute atomic E-state index is 12.8. The number of carbonyl (C=O) groups is 4. The Morgan fingerprint density at radius 3 is 1.43 bits per heavy atom. The van der Waals surface area contributed by atoms with E-state index in [9.17, 15) is 24.3 Å². The lowest BCUT2D eigenvalue weighted by Gasteiger charge is -2.31. The van der Waals surface area contributed by atoms with Gasteiger partial charge in [-0.25, -0.2) is 9.59 Å². The Hall–Kier alpha value is -2.16. The van der Waals surface area contributed by atoms with Crippen LogP contribution in [0.4, 0.5) is 9.59 Å². The van der Waals surface area contributed by atoms with Crippen molar-refractivity contribution in [1.82, 2.24) is 20.4 Å². The second kappa shape index (κ2) is 7.02. The van der Waals surface area contributed by atoms with Gasteiger partial charge in [-0.1, -0.05) is 38.5 Å². The summed E-state index contributed by atoms with van der Waals surface area (Å²) in [6, 6.07) is -1.01. The van der Waals surface area contributed by atoms with Gasteiger partial charge in [-0.2, -0.15) is 0 Å². The smallest absolute Gasteiger partial charge is 0.325 e. The van der Waals surface area contributed by atoms with Crippen molar-refractivity contribution in [2.24, 2.45) is 0 Å². The summed E-state index contributed by atoms with van der Waals surface area (Å²) >= 11 is 0. The summed E-state index contributed by atoms with van der Waals surface area (Å²) in [7, 11) is 0. The van der Waals surface area contributed by atoms with E-state index in [1.165, 1.54) is 0 Å². The summed E-state index contributed by atoms with van der Waals surface area (Å²) in [6.07, 6.45) is 6.88. The van der Waals surface area contributed by atoms with E-state index in [0.717, 1.165) is 48.3 Å². The van der Waals surface area contributed by atoms with E-state index >= 15 is 0 Å². The first-order chi connectivity index (χ1) is 13.4. The number of nitrogens with one attached hydrogen (secondary N) is 2. The molecule has 3 N–H and O–H groups in total. The molecular weight excluding hydrogens is 364 g/mol. The molecule has 0 bridgehead atoms. The SMILES string of the molecule is O=C1NC2(CCCCC2)C(=O)N1CC(O)CN1C(=O)NC2(CCCCC2)C1=O. The molecule has 0 aromatic carbocycles. The van der Waals surface area contributed by atoms with Gasteiger partial charge in [-0.05, 0) is 25.7 Å². The third kappa shape index (κ3) is 3.05. The zero-order chi connectivity index (χ0) is 19.9. The molecule has 9 heteroatoms. The van der Waals surface area contributed by atoms with Gasteiger partial charge in [0.25, 0.3) is 11.8 Å². The molecule has 6 amide bonds. The van der Waals surface area contributed by atoms with Crippen molar-refractivity contribution in [3.63, 3.8) is 0 Å². The van der Waals surface area contributed by atoms with Crippen LogP contribution in [0.15, 0.2) is 0 Å². The maximum Gasteiger partial charge on any atom is 0.325 e. The molecule has 0 aromatic rings. The van der Waals surface area contributed by atoms with Gasteiger partial charge in [0, 0.05) is 0 Å². The van der Waals surface area contributed by atoms with Crippen molar-refractivity contribution in [3.8, 4) is 0 Å². The van der Waals surface area contributed by atoms with Crippen molar-refractivity contribution < 1.29 is 24.3 Å². The van der Waals surface area contributed by atoms with Crippen LogP contribution in [0.3, 0.4) is 0 Å². The topological polar surface area (TPSA) is 119 Å². The van der Waals surface area contributed by atoms with Crippen molar-refractivity contribution in [3.05, 3.63) is 0 Å². The van der Waals surface area contributed by atoms with E-state index in [1.54, 1.807) is 0 Å². The van der Waals surface area contributed by atoms with Crippen molar-refractivity contribution in [1.29, 1.82) is 0 Å². The number of nitrogens with zero attached hydrogens (tertiary/aromatic N) is 2. The molecule has 2 saturated heterocycles. The summed E-state index contributed by atoms with van der Waals surface area (Å²) in [4.78, 5) is 52.3. The average Bonchev–Trinajstić information content (AvgIpc) is 3.03. The molecule has 0 radical (unpaired) electrons. The minimum absolute atomic E-state index is 0.226. The maximum atomic E-state index is 12.8. The molecule has 2 aliphatic heterocycles. The number of β-amino-alcohol motifs (C(OH)–C–C–N with tert-alkyl or cyclic N) is 1. The van der Waals surface area contributed by atoms with Crippen molar-refractivity contribution in [2.45, 2.75) is 81.4 Å². The lowest BCUT2D eigenvalue weighted by Crippen LogP contribution is -2.50. The van der Waals surface area contributed by atoms with E-state index in [4.69, 9.17) is 0 Å². The van der Waals surface area contributed by atoms with Gasteiger partial charge in [0.1, 0.15) is 11.1 Å². The predicted molar refractivity (Wildman–Crippen MR) is 98.1 cm³/mol. The molecule has 4 rings (SSSR count). The Labute approximate surface area is 163 Å². The molecular formula is C19H28N4O5. The molecule has 28 heavy (non-hydrogen) atoms. The fourth-order valence-electron chi connectivity index (χ4n) is 5.15. The molecule has 2 saturated carbocycles. The number of urea groups is 2. The van der Waals surface area contributed by atoms with E-state index in [0.29, 0.717) is 25.7 Å².